The molecule has 0 saturated carbocycles. The van der Waals surface area contributed by atoms with Gasteiger partial charge < -0.3 is 4.74 Å². The summed E-state index contributed by atoms with van der Waals surface area (Å²) < 4.78 is 4.92. The van der Waals surface area contributed by atoms with Crippen LogP contribution >= 0.6 is 0 Å². The second-order valence-corrected chi connectivity index (χ2v) is 2.27. The largest absolute Gasteiger partial charge is 0.370 e. The highest BCUT2D eigenvalue weighted by Gasteiger charge is 2.27. The summed E-state index contributed by atoms with van der Waals surface area (Å²) in [6.07, 6.45) is 1.10. The van der Waals surface area contributed by atoms with Crippen molar-refractivity contribution in [1.82, 2.24) is 5.43 Å². The molecule has 0 radical (unpaired) electrons. The third-order valence-electron chi connectivity index (χ3n) is 1.33. The molecule has 2 atom stereocenters. The Morgan fingerprint density at radius 2 is 1.60 bits per heavy atom. The van der Waals surface area contributed by atoms with Crippen molar-refractivity contribution in [2.45, 2.75) is 26.1 Å². The molecule has 4 nitrogen and oxygen atoms in total. The maximum atomic E-state index is 9.62. The van der Waals surface area contributed by atoms with E-state index in [1.807, 2.05) is 0 Å². The molecule has 2 unspecified atom stereocenters. The Hall–Kier alpha value is -0.640. The zero-order valence-corrected chi connectivity index (χ0v) is 6.92. The van der Waals surface area contributed by atoms with Crippen LogP contribution in [0.5, 0.6) is 0 Å². The predicted molar refractivity (Wildman–Crippen MR) is 38.6 cm³/mol. The molecule has 1 N–H and O–H groups in total. The van der Waals surface area contributed by atoms with Gasteiger partial charge in [-0.1, -0.05) is 0 Å². The van der Waals surface area contributed by atoms with Crippen molar-refractivity contribution < 1.29 is 9.61 Å². The topological polar surface area (TPSA) is 44.6 Å². The Bertz CT molecular complexity index is 110. The van der Waals surface area contributed by atoms with Crippen LogP contribution in [0, 0.1) is 4.91 Å². The van der Waals surface area contributed by atoms with Gasteiger partial charge in [0, 0.05) is 0 Å². The van der Waals surface area contributed by atoms with E-state index in [0.29, 0.717) is 17.1 Å². The van der Waals surface area contributed by atoms with Crippen LogP contribution in [0.1, 0.15) is 13.8 Å². The van der Waals surface area contributed by atoms with Crippen LogP contribution in [0.4, 0.5) is 0 Å². The molecule has 1 heterocycles. The van der Waals surface area contributed by atoms with Gasteiger partial charge in [-0.2, -0.15) is 5.43 Å². The molecule has 0 spiro atoms. The van der Waals surface area contributed by atoms with Crippen molar-refractivity contribution in [2.24, 2.45) is 0 Å². The summed E-state index contributed by atoms with van der Waals surface area (Å²) in [4.78, 5) is 10.2. The SMILES string of the molecule is CC1OC1C.CN[N+](C)=O. The summed E-state index contributed by atoms with van der Waals surface area (Å²) in [5, 5.41) is 0. The first-order valence-electron chi connectivity index (χ1n) is 3.31. The lowest BCUT2D eigenvalue weighted by Gasteiger charge is -1.71. The van der Waals surface area contributed by atoms with Crippen molar-refractivity contribution in [3.05, 3.63) is 4.91 Å². The summed E-state index contributed by atoms with van der Waals surface area (Å²) in [6, 6.07) is 0. The van der Waals surface area contributed by atoms with Crippen LogP contribution in [0.25, 0.3) is 0 Å². The fraction of sp³-hybridized carbons (Fsp3) is 1.00. The third kappa shape index (κ3) is 5.50. The van der Waals surface area contributed by atoms with Crippen LogP contribution < -0.4 is 5.43 Å². The summed E-state index contributed by atoms with van der Waals surface area (Å²) in [5.41, 5.74) is 2.31. The lowest BCUT2D eigenvalue weighted by Crippen LogP contribution is -2.15. The van der Waals surface area contributed by atoms with E-state index in [9.17, 15) is 4.91 Å². The highest BCUT2D eigenvalue weighted by atomic mass is 16.6. The first-order valence-corrected chi connectivity index (χ1v) is 3.31. The molecule has 1 aliphatic rings. The van der Waals surface area contributed by atoms with E-state index in [0.717, 1.165) is 0 Å². The summed E-state index contributed by atoms with van der Waals surface area (Å²) in [6.45, 7) is 4.15. The van der Waals surface area contributed by atoms with Gasteiger partial charge in [-0.25, -0.2) is 0 Å². The molecule has 0 aromatic rings. The van der Waals surface area contributed by atoms with E-state index in [-0.39, 0.29) is 0 Å². The average molecular weight is 147 g/mol. The van der Waals surface area contributed by atoms with Gasteiger partial charge in [-0.3, -0.25) is 0 Å². The van der Waals surface area contributed by atoms with E-state index >= 15 is 0 Å². The Morgan fingerprint density at radius 3 is 1.60 bits per heavy atom. The summed E-state index contributed by atoms with van der Waals surface area (Å²) >= 11 is 0. The minimum Gasteiger partial charge on any atom is -0.370 e. The molecule has 1 rings (SSSR count). The zero-order valence-electron chi connectivity index (χ0n) is 6.92. The van der Waals surface area contributed by atoms with E-state index in [2.05, 4.69) is 19.3 Å². The van der Waals surface area contributed by atoms with Crippen LogP contribution in [-0.2, 0) is 4.74 Å². The molecule has 1 aliphatic heterocycles. The van der Waals surface area contributed by atoms with Crippen molar-refractivity contribution in [3.63, 3.8) is 0 Å². The average Bonchev–Trinajstić information content (AvgIpc) is 2.47. The molecular formula is C6H15N2O2+. The molecule has 0 bridgehead atoms. The molecule has 0 aromatic heterocycles. The van der Waals surface area contributed by atoms with Gasteiger partial charge in [0.15, 0.2) is 0 Å². The van der Waals surface area contributed by atoms with Crippen molar-refractivity contribution in [3.8, 4) is 0 Å². The molecule has 0 aliphatic carbocycles. The van der Waals surface area contributed by atoms with Gasteiger partial charge in [0.2, 0.25) is 7.05 Å². The Balaban J connectivity index is 0.000000162. The minimum atomic E-state index is 0.551. The van der Waals surface area contributed by atoms with Gasteiger partial charge >= 0.3 is 0 Å². The lowest BCUT2D eigenvalue weighted by molar-refractivity contribution is -0.575. The number of ether oxygens (including phenoxy) is 1. The van der Waals surface area contributed by atoms with Crippen LogP contribution in [-0.4, -0.2) is 31.2 Å². The lowest BCUT2D eigenvalue weighted by atomic mass is 10.4. The normalized spacial score (nSPS) is 28.0. The molecule has 4 heteroatoms. The van der Waals surface area contributed by atoms with Crippen LogP contribution in [0.2, 0.25) is 0 Å². The predicted octanol–water partition coefficient (Wildman–Crippen LogP) is 0.323. The highest BCUT2D eigenvalue weighted by Crippen LogP contribution is 2.18. The molecule has 10 heavy (non-hydrogen) atoms. The number of epoxide rings is 1. The summed E-state index contributed by atoms with van der Waals surface area (Å²) in [7, 11) is 2.95. The molecule has 0 amide bonds. The standard InChI is InChI=1S/C4H8O.C2H7N2O/c1-3-4(2)5-3;1-3-4(2)5/h3-4H,1-2H3;1-2H3,(H,3,5)/q;+1. The van der Waals surface area contributed by atoms with E-state index < -0.39 is 0 Å². The van der Waals surface area contributed by atoms with Crippen LogP contribution in [0.15, 0.2) is 0 Å². The maximum Gasteiger partial charge on any atom is 0.215 e. The molecule has 0 aromatic carbocycles. The van der Waals surface area contributed by atoms with E-state index in [1.54, 1.807) is 7.05 Å². The monoisotopic (exact) mass is 147 g/mol. The van der Waals surface area contributed by atoms with Gasteiger partial charge in [0.1, 0.15) is 4.87 Å². The Kier molecular flexibility index (Phi) is 3.95. The van der Waals surface area contributed by atoms with Crippen molar-refractivity contribution >= 4 is 0 Å². The molecule has 60 valence electrons. The second kappa shape index (κ2) is 4.22. The van der Waals surface area contributed by atoms with Crippen molar-refractivity contribution in [1.29, 1.82) is 0 Å². The second-order valence-electron chi connectivity index (χ2n) is 2.27. The number of hydrogen-bond acceptors (Lipinski definition) is 2. The quantitative estimate of drug-likeness (QED) is 0.330. The number of hydrazine groups is 1. The number of nitrogens with one attached hydrogen (secondary N) is 1. The van der Waals surface area contributed by atoms with E-state index in [1.165, 1.54) is 7.05 Å². The van der Waals surface area contributed by atoms with Gasteiger partial charge in [-0.05, 0) is 13.8 Å². The third-order valence-corrected chi connectivity index (χ3v) is 1.33. The number of nitroso groups, excluding NO2 is 1. The Labute approximate surface area is 61.1 Å². The van der Waals surface area contributed by atoms with Crippen molar-refractivity contribution in [2.75, 3.05) is 14.1 Å². The zero-order chi connectivity index (χ0) is 8.15. The summed E-state index contributed by atoms with van der Waals surface area (Å²) in [5.74, 6) is 0. The number of rotatable bonds is 1. The van der Waals surface area contributed by atoms with Gasteiger partial charge in [-0.15, -0.1) is 0 Å². The first kappa shape index (κ1) is 9.36. The van der Waals surface area contributed by atoms with E-state index in [4.69, 9.17) is 4.74 Å². The molecular weight excluding hydrogens is 132 g/mol. The maximum absolute atomic E-state index is 9.62. The first-order chi connectivity index (χ1) is 4.57. The van der Waals surface area contributed by atoms with Gasteiger partial charge in [0.05, 0.1) is 24.2 Å². The number of nitrogens with zero attached hydrogens (tertiary/aromatic N) is 1. The minimum absolute atomic E-state index is 0.551. The highest BCUT2D eigenvalue weighted by molar-refractivity contribution is 4.73. The molecule has 1 fully saturated rings. The van der Waals surface area contributed by atoms with Gasteiger partial charge in [0.25, 0.3) is 0 Å². The fourth-order valence-corrected chi connectivity index (χ4v) is 0.293. The molecule has 1 saturated heterocycles. The smallest absolute Gasteiger partial charge is 0.215 e. The Morgan fingerprint density at radius 1 is 1.40 bits per heavy atom. The number of hydrogen-bond donors (Lipinski definition) is 1. The fourth-order valence-electron chi connectivity index (χ4n) is 0.293. The van der Waals surface area contributed by atoms with Crippen LogP contribution in [0.3, 0.4) is 0 Å².